The molecule has 17 nitrogen and oxygen atoms in total. The predicted molar refractivity (Wildman–Crippen MR) is 381 cm³/mol. The van der Waals surface area contributed by atoms with Crippen molar-refractivity contribution < 1.29 is 80.2 Å². The van der Waals surface area contributed by atoms with Gasteiger partial charge in [0.1, 0.15) is 19.3 Å². The van der Waals surface area contributed by atoms with E-state index in [4.69, 9.17) is 37.0 Å². The summed E-state index contributed by atoms with van der Waals surface area (Å²) in [5.41, 5.74) is 0. The van der Waals surface area contributed by atoms with Crippen LogP contribution in [0, 0.1) is 0 Å². The number of ether oxygens (including phenoxy) is 4. The van der Waals surface area contributed by atoms with E-state index in [0.717, 1.165) is 128 Å². The van der Waals surface area contributed by atoms with Crippen molar-refractivity contribution in [1.29, 1.82) is 0 Å². The summed E-state index contributed by atoms with van der Waals surface area (Å²) < 4.78 is 68.4. The molecule has 0 aromatic heterocycles. The van der Waals surface area contributed by atoms with E-state index >= 15 is 0 Å². The van der Waals surface area contributed by atoms with Gasteiger partial charge < -0.3 is 33.8 Å². The van der Waals surface area contributed by atoms with Crippen molar-refractivity contribution >= 4 is 39.5 Å². The van der Waals surface area contributed by atoms with Crippen LogP contribution in [0.15, 0.2) is 36.5 Å². The SMILES string of the molecule is CCCCC/C=C\C/C=C\CCCCCCCC(=O)O[C@H](COC(=O)CCCCCCC/C=C\CCCCCC)COP(=O)(O)OC[C@@H](O)COP(=O)(O)OC[C@@H](COC(=O)CCCCCCCCCCCCCCC)OC(=O)CCCCCCCCCCCCCCC. The van der Waals surface area contributed by atoms with Crippen molar-refractivity contribution in [2.75, 3.05) is 39.6 Å². The molecule has 0 aromatic rings. The molecular weight excluding hydrogens is 1230 g/mol. The molecule has 0 radical (unpaired) electrons. The molecule has 2 unspecified atom stereocenters. The number of phosphoric acid groups is 2. The van der Waals surface area contributed by atoms with Crippen LogP contribution in [0.2, 0.25) is 0 Å². The summed E-state index contributed by atoms with van der Waals surface area (Å²) in [5, 5.41) is 10.6. The molecule has 0 rings (SSSR count). The Balaban J connectivity index is 5.31. The number of aliphatic hydroxyl groups is 1. The number of hydrogen-bond donors (Lipinski definition) is 3. The summed E-state index contributed by atoms with van der Waals surface area (Å²) >= 11 is 0. The van der Waals surface area contributed by atoms with Crippen molar-refractivity contribution in [3.8, 4) is 0 Å². The summed E-state index contributed by atoms with van der Waals surface area (Å²) in [6.45, 7) is 4.88. The van der Waals surface area contributed by atoms with Gasteiger partial charge in [0.25, 0.3) is 0 Å². The first-order valence-corrected chi connectivity index (χ1v) is 41.2. The van der Waals surface area contributed by atoms with E-state index < -0.39 is 97.5 Å². The van der Waals surface area contributed by atoms with Gasteiger partial charge in [-0.05, 0) is 83.5 Å². The molecule has 0 aromatic carbocycles. The van der Waals surface area contributed by atoms with Crippen LogP contribution in [0.1, 0.15) is 362 Å². The first-order chi connectivity index (χ1) is 45.7. The molecule has 0 amide bonds. The van der Waals surface area contributed by atoms with Crippen LogP contribution in [0.25, 0.3) is 0 Å². The highest BCUT2D eigenvalue weighted by Gasteiger charge is 2.30. The molecule has 94 heavy (non-hydrogen) atoms. The second-order valence-electron chi connectivity index (χ2n) is 26.0. The molecule has 0 aliphatic heterocycles. The second kappa shape index (κ2) is 68.8. The van der Waals surface area contributed by atoms with Crippen LogP contribution in [0.3, 0.4) is 0 Å². The molecular formula is C75H140O17P2. The molecule has 552 valence electrons. The number of carbonyl (C=O) groups is 4. The highest BCUT2D eigenvalue weighted by Crippen LogP contribution is 2.45. The summed E-state index contributed by atoms with van der Waals surface area (Å²) in [4.78, 5) is 72.7. The lowest BCUT2D eigenvalue weighted by Crippen LogP contribution is -2.30. The molecule has 0 aliphatic carbocycles. The van der Waals surface area contributed by atoms with Gasteiger partial charge in [0.2, 0.25) is 0 Å². The third-order valence-corrected chi connectivity index (χ3v) is 18.5. The second-order valence-corrected chi connectivity index (χ2v) is 28.9. The summed E-state index contributed by atoms with van der Waals surface area (Å²) in [7, 11) is -9.93. The van der Waals surface area contributed by atoms with Gasteiger partial charge in [0.05, 0.1) is 26.4 Å². The average molecular weight is 1380 g/mol. The van der Waals surface area contributed by atoms with Gasteiger partial charge in [0.15, 0.2) is 12.2 Å². The van der Waals surface area contributed by atoms with Gasteiger partial charge >= 0.3 is 39.5 Å². The Morgan fingerprint density at radius 2 is 0.521 bits per heavy atom. The zero-order valence-corrected chi connectivity index (χ0v) is 61.9. The number of hydrogen-bond acceptors (Lipinski definition) is 15. The molecule has 0 saturated carbocycles. The van der Waals surface area contributed by atoms with Crippen LogP contribution >= 0.6 is 15.6 Å². The molecule has 0 saturated heterocycles. The zero-order valence-electron chi connectivity index (χ0n) is 60.2. The van der Waals surface area contributed by atoms with Gasteiger partial charge in [-0.15, -0.1) is 0 Å². The van der Waals surface area contributed by atoms with Crippen LogP contribution in [0.5, 0.6) is 0 Å². The molecule has 0 aliphatic rings. The predicted octanol–water partition coefficient (Wildman–Crippen LogP) is 21.6. The lowest BCUT2D eigenvalue weighted by Gasteiger charge is -2.21. The largest absolute Gasteiger partial charge is 0.472 e. The zero-order chi connectivity index (χ0) is 69.0. The fourth-order valence-corrected chi connectivity index (χ4v) is 12.3. The van der Waals surface area contributed by atoms with Crippen molar-refractivity contribution in [2.45, 2.75) is 380 Å². The van der Waals surface area contributed by atoms with E-state index in [-0.39, 0.29) is 25.7 Å². The lowest BCUT2D eigenvalue weighted by molar-refractivity contribution is -0.161. The number of allylic oxidation sites excluding steroid dienone is 6. The molecule has 0 spiro atoms. The smallest absolute Gasteiger partial charge is 0.462 e. The highest BCUT2D eigenvalue weighted by molar-refractivity contribution is 7.47. The Kier molecular flexibility index (Phi) is 66.8. The number of carbonyl (C=O) groups excluding carboxylic acids is 4. The van der Waals surface area contributed by atoms with Crippen molar-refractivity contribution in [2.24, 2.45) is 0 Å². The molecule has 5 atom stereocenters. The third kappa shape index (κ3) is 67.8. The first-order valence-electron chi connectivity index (χ1n) is 38.2. The van der Waals surface area contributed by atoms with Crippen LogP contribution in [0.4, 0.5) is 0 Å². The fourth-order valence-electron chi connectivity index (χ4n) is 10.7. The number of esters is 4. The van der Waals surface area contributed by atoms with Crippen LogP contribution in [-0.4, -0.2) is 96.7 Å². The highest BCUT2D eigenvalue weighted by atomic mass is 31.2. The van der Waals surface area contributed by atoms with Gasteiger partial charge in [0, 0.05) is 25.7 Å². The summed E-state index contributed by atoms with van der Waals surface area (Å²) in [5.74, 6) is -2.16. The van der Waals surface area contributed by atoms with E-state index in [1.54, 1.807) is 0 Å². The van der Waals surface area contributed by atoms with Gasteiger partial charge in [-0.1, -0.05) is 289 Å². The van der Waals surface area contributed by atoms with E-state index in [2.05, 4.69) is 64.2 Å². The minimum Gasteiger partial charge on any atom is -0.462 e. The van der Waals surface area contributed by atoms with Gasteiger partial charge in [-0.25, -0.2) is 9.13 Å². The number of rotatable bonds is 73. The van der Waals surface area contributed by atoms with E-state index in [1.165, 1.54) is 154 Å². The fraction of sp³-hybridized carbons (Fsp3) is 0.867. The Labute approximate surface area is 573 Å². The van der Waals surface area contributed by atoms with Crippen molar-refractivity contribution in [1.82, 2.24) is 0 Å². The maximum absolute atomic E-state index is 13.1. The van der Waals surface area contributed by atoms with Crippen molar-refractivity contribution in [3.63, 3.8) is 0 Å². The lowest BCUT2D eigenvalue weighted by atomic mass is 10.0. The van der Waals surface area contributed by atoms with Crippen LogP contribution < -0.4 is 0 Å². The molecule has 0 bridgehead atoms. The third-order valence-electron chi connectivity index (χ3n) is 16.6. The number of phosphoric ester groups is 2. The Morgan fingerprint density at radius 3 is 0.830 bits per heavy atom. The molecule has 0 heterocycles. The maximum atomic E-state index is 13.1. The standard InChI is InChI=1S/C75H140O17P2/c1-5-9-13-17-21-25-29-33-34-38-42-46-50-54-58-62-75(80)92-71(66-86-73(78)60-56-52-48-44-40-36-31-27-23-19-15-11-7-3)68-90-94(83,84)88-64-69(76)63-87-93(81,82)89-67-70(91-74(79)61-57-53-49-45-41-37-32-28-24-20-16-12-8-4)65-85-72(77)59-55-51-47-43-39-35-30-26-22-18-14-10-6-2/h21,25,27,31,33-34,69-71,76H,5-20,22-24,26,28-30,32,35-68H2,1-4H3,(H,81,82)(H,83,84)/b25-21-,31-27-,34-33-/t69-,70+,71+/m0/s1. The minimum absolute atomic E-state index is 0.0833. The van der Waals surface area contributed by atoms with Gasteiger partial charge in [-0.3, -0.25) is 37.3 Å². The Morgan fingerprint density at radius 1 is 0.298 bits per heavy atom. The number of aliphatic hydroxyl groups excluding tert-OH is 1. The topological polar surface area (TPSA) is 237 Å². The van der Waals surface area contributed by atoms with Crippen LogP contribution in [-0.2, 0) is 65.4 Å². The average Bonchev–Trinajstić information content (AvgIpc) is 2.26. The monoisotopic (exact) mass is 1370 g/mol. The summed E-state index contributed by atoms with van der Waals surface area (Å²) in [6.07, 6.45) is 62.7. The molecule has 3 N–H and O–H groups in total. The van der Waals surface area contributed by atoms with E-state index in [9.17, 15) is 43.2 Å². The minimum atomic E-state index is -4.97. The molecule has 0 fully saturated rings. The number of unbranched alkanes of at least 4 members (excludes halogenated alkanes) is 41. The normalized spacial score (nSPS) is 14.2. The quantitative estimate of drug-likeness (QED) is 0.0169. The molecule has 19 heteroatoms. The maximum Gasteiger partial charge on any atom is 0.472 e. The van der Waals surface area contributed by atoms with Gasteiger partial charge in [-0.2, -0.15) is 0 Å². The summed E-state index contributed by atoms with van der Waals surface area (Å²) in [6, 6.07) is 0. The van der Waals surface area contributed by atoms with E-state index in [1.807, 2.05) is 0 Å². The Bertz CT molecular complexity index is 1930. The Hall–Kier alpha value is -2.72. The van der Waals surface area contributed by atoms with E-state index in [0.29, 0.717) is 25.7 Å². The van der Waals surface area contributed by atoms with Crippen molar-refractivity contribution in [3.05, 3.63) is 36.5 Å². The first kappa shape index (κ1) is 91.3.